The topological polar surface area (TPSA) is 127 Å². The number of nitrogens with zero attached hydrogens (tertiary/aromatic N) is 2. The molecule has 0 unspecified atom stereocenters. The van der Waals surface area contributed by atoms with Crippen molar-refractivity contribution in [3.63, 3.8) is 0 Å². The van der Waals surface area contributed by atoms with Crippen molar-refractivity contribution in [2.75, 3.05) is 10.2 Å². The third-order valence-corrected chi connectivity index (χ3v) is 5.03. The van der Waals surface area contributed by atoms with Crippen LogP contribution in [-0.2, 0) is 0 Å². The summed E-state index contributed by atoms with van der Waals surface area (Å²) in [5, 5.41) is 13.9. The number of anilines is 2. The summed E-state index contributed by atoms with van der Waals surface area (Å²) in [5.41, 5.74) is 0.749. The predicted molar refractivity (Wildman–Crippen MR) is 115 cm³/mol. The van der Waals surface area contributed by atoms with Crippen LogP contribution in [0.4, 0.5) is 17.1 Å². The molecule has 3 amide bonds. The van der Waals surface area contributed by atoms with Gasteiger partial charge in [0.1, 0.15) is 5.56 Å². The highest BCUT2D eigenvalue weighted by atomic mass is 16.6. The molecule has 1 aliphatic rings. The van der Waals surface area contributed by atoms with Gasteiger partial charge in [-0.1, -0.05) is 6.07 Å². The van der Waals surface area contributed by atoms with Crippen LogP contribution in [0.1, 0.15) is 48.4 Å². The number of rotatable bonds is 5. The summed E-state index contributed by atoms with van der Waals surface area (Å²) in [6.07, 6.45) is 0. The molecule has 32 heavy (non-hydrogen) atoms. The highest BCUT2D eigenvalue weighted by molar-refractivity contribution is 6.35. The average Bonchev–Trinajstić information content (AvgIpc) is 3.04. The minimum Gasteiger partial charge on any atom is -0.322 e. The summed E-state index contributed by atoms with van der Waals surface area (Å²) in [4.78, 5) is 60.7. The van der Waals surface area contributed by atoms with Crippen molar-refractivity contribution in [3.8, 4) is 0 Å². The van der Waals surface area contributed by atoms with Crippen LogP contribution in [0.3, 0.4) is 0 Å². The number of imide groups is 1. The molecule has 0 bridgehead atoms. The van der Waals surface area contributed by atoms with Crippen molar-refractivity contribution in [3.05, 3.63) is 99.1 Å². The Bertz CT molecular complexity index is 1300. The van der Waals surface area contributed by atoms with E-state index < -0.39 is 28.3 Å². The Hall–Kier alpha value is -4.66. The highest BCUT2D eigenvalue weighted by Gasteiger charge is 2.41. The summed E-state index contributed by atoms with van der Waals surface area (Å²) < 4.78 is 0. The van der Waals surface area contributed by atoms with Crippen LogP contribution in [0.2, 0.25) is 0 Å². The molecule has 9 nitrogen and oxygen atoms in total. The normalized spacial score (nSPS) is 12.5. The number of Topliss-reactive ketones (excluding diaryl/α,β-unsaturated/α-hetero) is 1. The second kappa shape index (κ2) is 7.88. The molecule has 0 saturated heterocycles. The smallest absolute Gasteiger partial charge is 0.283 e. The Morgan fingerprint density at radius 1 is 0.875 bits per heavy atom. The number of ketones is 1. The predicted octanol–water partition coefficient (Wildman–Crippen LogP) is 3.85. The molecule has 1 heterocycles. The van der Waals surface area contributed by atoms with Crippen LogP contribution in [-0.4, -0.2) is 28.4 Å². The fourth-order valence-electron chi connectivity index (χ4n) is 3.41. The van der Waals surface area contributed by atoms with Gasteiger partial charge in [-0.25, -0.2) is 4.90 Å². The molecule has 3 aromatic rings. The molecular formula is C23H15N3O6. The van der Waals surface area contributed by atoms with Crippen molar-refractivity contribution < 1.29 is 24.1 Å². The number of benzene rings is 3. The van der Waals surface area contributed by atoms with Crippen LogP contribution >= 0.6 is 0 Å². The summed E-state index contributed by atoms with van der Waals surface area (Å²) in [7, 11) is 0. The summed E-state index contributed by atoms with van der Waals surface area (Å²) >= 11 is 0. The minimum absolute atomic E-state index is 0.0416. The number of carbonyl (C=O) groups is 4. The summed E-state index contributed by atoms with van der Waals surface area (Å²) in [6, 6.07) is 16.0. The average molecular weight is 429 g/mol. The number of hydrogen-bond donors (Lipinski definition) is 1. The van der Waals surface area contributed by atoms with Crippen molar-refractivity contribution >= 4 is 40.6 Å². The van der Waals surface area contributed by atoms with E-state index in [1.165, 1.54) is 49.4 Å². The van der Waals surface area contributed by atoms with E-state index >= 15 is 0 Å². The van der Waals surface area contributed by atoms with E-state index in [2.05, 4.69) is 5.32 Å². The molecular weight excluding hydrogens is 414 g/mol. The minimum atomic E-state index is -0.792. The number of nitro benzene ring substituents is 1. The Balaban J connectivity index is 1.55. The molecule has 4 rings (SSSR count). The van der Waals surface area contributed by atoms with E-state index in [0.29, 0.717) is 11.3 Å². The molecule has 9 heteroatoms. The van der Waals surface area contributed by atoms with E-state index in [-0.39, 0.29) is 28.2 Å². The van der Waals surface area contributed by atoms with Gasteiger partial charge in [-0.3, -0.25) is 29.3 Å². The maximum atomic E-state index is 12.8. The SMILES string of the molecule is CC(=O)c1ccc(NC(=O)c2ccc(N3C(=O)c4cccc([N+](=O)[O-])c4C3=O)cc2)cc1. The first-order chi connectivity index (χ1) is 15.3. The first kappa shape index (κ1) is 20.6. The zero-order chi connectivity index (χ0) is 23.0. The zero-order valence-electron chi connectivity index (χ0n) is 16.7. The van der Waals surface area contributed by atoms with E-state index in [1.807, 2.05) is 0 Å². The van der Waals surface area contributed by atoms with Gasteiger partial charge >= 0.3 is 0 Å². The lowest BCUT2D eigenvalue weighted by Gasteiger charge is -2.14. The van der Waals surface area contributed by atoms with Gasteiger partial charge in [0.2, 0.25) is 0 Å². The first-order valence-corrected chi connectivity index (χ1v) is 9.46. The molecule has 158 valence electrons. The van der Waals surface area contributed by atoms with Gasteiger partial charge in [0.15, 0.2) is 5.78 Å². The van der Waals surface area contributed by atoms with Gasteiger partial charge in [-0.2, -0.15) is 0 Å². The maximum absolute atomic E-state index is 12.8. The standard InChI is InChI=1S/C23H15N3O6/c1-13(27)14-5-9-16(10-6-14)24-21(28)15-7-11-17(12-8-15)25-22(29)18-3-2-4-19(26(31)32)20(18)23(25)30/h2-12H,1H3,(H,24,28). The van der Waals surface area contributed by atoms with Gasteiger partial charge in [-0.15, -0.1) is 0 Å². The molecule has 1 aliphatic heterocycles. The Labute approximate surface area is 181 Å². The lowest BCUT2D eigenvalue weighted by molar-refractivity contribution is -0.385. The third-order valence-electron chi connectivity index (χ3n) is 5.03. The largest absolute Gasteiger partial charge is 0.322 e. The fourth-order valence-corrected chi connectivity index (χ4v) is 3.41. The van der Waals surface area contributed by atoms with Crippen molar-refractivity contribution in [1.29, 1.82) is 0 Å². The number of nitro groups is 1. The lowest BCUT2D eigenvalue weighted by atomic mass is 10.1. The molecule has 0 aromatic heterocycles. The molecule has 0 fully saturated rings. The van der Waals surface area contributed by atoms with Crippen molar-refractivity contribution in [1.82, 2.24) is 0 Å². The fraction of sp³-hybridized carbons (Fsp3) is 0.0435. The quantitative estimate of drug-likeness (QED) is 0.284. The van der Waals surface area contributed by atoms with Crippen LogP contribution in [0, 0.1) is 10.1 Å². The molecule has 3 aromatic carbocycles. The lowest BCUT2D eigenvalue weighted by Crippen LogP contribution is -2.29. The molecule has 0 spiro atoms. The van der Waals surface area contributed by atoms with E-state index in [4.69, 9.17) is 0 Å². The van der Waals surface area contributed by atoms with E-state index in [0.717, 1.165) is 4.90 Å². The number of carbonyl (C=O) groups excluding carboxylic acids is 4. The van der Waals surface area contributed by atoms with Crippen LogP contribution in [0.25, 0.3) is 0 Å². The highest BCUT2D eigenvalue weighted by Crippen LogP contribution is 2.33. The van der Waals surface area contributed by atoms with Gasteiger partial charge in [0.05, 0.1) is 16.2 Å². The number of fused-ring (bicyclic) bond motifs is 1. The van der Waals surface area contributed by atoms with E-state index in [9.17, 15) is 29.3 Å². The Morgan fingerprint density at radius 2 is 1.50 bits per heavy atom. The monoisotopic (exact) mass is 429 g/mol. The summed E-state index contributed by atoms with van der Waals surface area (Å²) in [6.45, 7) is 1.45. The van der Waals surface area contributed by atoms with E-state index in [1.54, 1.807) is 24.3 Å². The molecule has 0 aliphatic carbocycles. The third kappa shape index (κ3) is 3.52. The Kier molecular flexibility index (Phi) is 5.07. The van der Waals surface area contributed by atoms with Crippen molar-refractivity contribution in [2.24, 2.45) is 0 Å². The molecule has 1 N–H and O–H groups in total. The van der Waals surface area contributed by atoms with Gasteiger partial charge in [0, 0.05) is 22.9 Å². The number of nitrogens with one attached hydrogen (secondary N) is 1. The second-order valence-electron chi connectivity index (χ2n) is 7.04. The summed E-state index contributed by atoms with van der Waals surface area (Å²) in [5.74, 6) is -1.97. The van der Waals surface area contributed by atoms with Crippen LogP contribution < -0.4 is 10.2 Å². The molecule has 0 atom stereocenters. The van der Waals surface area contributed by atoms with Crippen LogP contribution in [0.15, 0.2) is 66.7 Å². The van der Waals surface area contributed by atoms with Crippen LogP contribution in [0.5, 0.6) is 0 Å². The molecule has 0 saturated carbocycles. The zero-order valence-corrected chi connectivity index (χ0v) is 16.7. The van der Waals surface area contributed by atoms with Gasteiger partial charge < -0.3 is 5.32 Å². The number of amides is 3. The maximum Gasteiger partial charge on any atom is 0.283 e. The second-order valence-corrected chi connectivity index (χ2v) is 7.04. The van der Waals surface area contributed by atoms with Gasteiger partial charge in [0.25, 0.3) is 23.4 Å². The first-order valence-electron chi connectivity index (χ1n) is 9.46. The Morgan fingerprint density at radius 3 is 2.09 bits per heavy atom. The number of hydrogen-bond acceptors (Lipinski definition) is 6. The molecule has 0 radical (unpaired) electrons. The van der Waals surface area contributed by atoms with Gasteiger partial charge in [-0.05, 0) is 61.5 Å². The van der Waals surface area contributed by atoms with Crippen molar-refractivity contribution in [2.45, 2.75) is 6.92 Å².